The Morgan fingerprint density at radius 3 is 2.69 bits per heavy atom. The first-order chi connectivity index (χ1) is 7.63. The summed E-state index contributed by atoms with van der Waals surface area (Å²) in [7, 11) is 0. The summed E-state index contributed by atoms with van der Waals surface area (Å²) in [5, 5.41) is 3.68. The molecule has 0 radical (unpaired) electrons. The Kier molecular flexibility index (Phi) is 3.34. The van der Waals surface area contributed by atoms with Crippen LogP contribution in [0, 0.1) is 5.92 Å². The van der Waals surface area contributed by atoms with Crippen molar-refractivity contribution in [2.75, 3.05) is 6.54 Å². The van der Waals surface area contributed by atoms with E-state index in [1.54, 1.807) is 5.56 Å². The summed E-state index contributed by atoms with van der Waals surface area (Å²) in [5.41, 5.74) is 4.54. The summed E-state index contributed by atoms with van der Waals surface area (Å²) >= 11 is 0. The van der Waals surface area contributed by atoms with Crippen molar-refractivity contribution in [3.05, 3.63) is 34.9 Å². The molecular formula is C15H23N. The molecular weight excluding hydrogens is 194 g/mol. The average Bonchev–Trinajstić information content (AvgIpc) is 2.28. The summed E-state index contributed by atoms with van der Waals surface area (Å²) < 4.78 is 0. The van der Waals surface area contributed by atoms with Gasteiger partial charge in [0.05, 0.1) is 0 Å². The van der Waals surface area contributed by atoms with Gasteiger partial charge in [0.25, 0.3) is 0 Å². The van der Waals surface area contributed by atoms with Gasteiger partial charge in [-0.25, -0.2) is 0 Å². The summed E-state index contributed by atoms with van der Waals surface area (Å²) in [5.74, 6) is 1.31. The van der Waals surface area contributed by atoms with E-state index in [1.165, 1.54) is 11.1 Å². The summed E-state index contributed by atoms with van der Waals surface area (Å²) in [6.07, 6.45) is 1.13. The molecule has 0 bridgehead atoms. The second-order valence-electron chi connectivity index (χ2n) is 5.35. The van der Waals surface area contributed by atoms with Crippen molar-refractivity contribution >= 4 is 0 Å². The monoisotopic (exact) mass is 217 g/mol. The van der Waals surface area contributed by atoms with E-state index in [2.05, 4.69) is 51.2 Å². The van der Waals surface area contributed by atoms with Crippen LogP contribution in [0.2, 0.25) is 0 Å². The number of hydrogen-bond donors (Lipinski definition) is 1. The molecule has 1 aliphatic rings. The van der Waals surface area contributed by atoms with Gasteiger partial charge in [0.2, 0.25) is 0 Å². The summed E-state index contributed by atoms with van der Waals surface area (Å²) in [6.45, 7) is 10.3. The van der Waals surface area contributed by atoms with Gasteiger partial charge in [0.1, 0.15) is 0 Å². The van der Waals surface area contributed by atoms with Crippen LogP contribution in [0.15, 0.2) is 18.2 Å². The highest BCUT2D eigenvalue weighted by atomic mass is 14.9. The Labute approximate surface area is 99.3 Å². The SMILES string of the molecule is CCc1ccc2c(c1)C(C(C)C)NCC2C. The van der Waals surface area contributed by atoms with Gasteiger partial charge in [-0.15, -0.1) is 0 Å². The predicted octanol–water partition coefficient (Wildman–Crippen LogP) is 3.65. The third-order valence-corrected chi connectivity index (χ3v) is 3.74. The minimum Gasteiger partial charge on any atom is -0.309 e. The number of rotatable bonds is 2. The zero-order valence-corrected chi connectivity index (χ0v) is 10.9. The second-order valence-corrected chi connectivity index (χ2v) is 5.35. The first-order valence-electron chi connectivity index (χ1n) is 6.49. The molecule has 1 nitrogen and oxygen atoms in total. The predicted molar refractivity (Wildman–Crippen MR) is 69.8 cm³/mol. The maximum Gasteiger partial charge on any atom is 0.0346 e. The molecule has 2 unspecified atom stereocenters. The molecule has 1 heterocycles. The molecule has 0 fully saturated rings. The van der Waals surface area contributed by atoms with E-state index in [9.17, 15) is 0 Å². The molecule has 2 atom stereocenters. The van der Waals surface area contributed by atoms with Crippen molar-refractivity contribution in [2.24, 2.45) is 5.92 Å². The minimum absolute atomic E-state index is 0.540. The van der Waals surface area contributed by atoms with Gasteiger partial charge in [-0.1, -0.05) is 45.9 Å². The van der Waals surface area contributed by atoms with E-state index in [0.29, 0.717) is 17.9 Å². The quantitative estimate of drug-likeness (QED) is 0.797. The zero-order chi connectivity index (χ0) is 11.7. The Morgan fingerprint density at radius 1 is 1.31 bits per heavy atom. The van der Waals surface area contributed by atoms with Crippen molar-refractivity contribution in [3.63, 3.8) is 0 Å². The van der Waals surface area contributed by atoms with E-state index in [1.807, 2.05) is 0 Å². The highest BCUT2D eigenvalue weighted by molar-refractivity contribution is 5.39. The molecule has 1 aromatic rings. The van der Waals surface area contributed by atoms with E-state index in [4.69, 9.17) is 0 Å². The molecule has 16 heavy (non-hydrogen) atoms. The largest absolute Gasteiger partial charge is 0.309 e. The van der Waals surface area contributed by atoms with Crippen LogP contribution in [0.1, 0.15) is 56.3 Å². The number of nitrogens with one attached hydrogen (secondary N) is 1. The van der Waals surface area contributed by atoms with E-state index < -0.39 is 0 Å². The van der Waals surface area contributed by atoms with Crippen molar-refractivity contribution in [1.29, 1.82) is 0 Å². The standard InChI is InChI=1S/C15H23N/c1-5-12-6-7-13-11(4)9-16-15(10(2)3)14(13)8-12/h6-8,10-11,15-16H,5,9H2,1-4H3. The maximum absolute atomic E-state index is 3.68. The fraction of sp³-hybridized carbons (Fsp3) is 0.600. The fourth-order valence-electron chi connectivity index (χ4n) is 2.68. The maximum atomic E-state index is 3.68. The van der Waals surface area contributed by atoms with Gasteiger partial charge in [-0.2, -0.15) is 0 Å². The number of aryl methyl sites for hydroxylation is 1. The number of fused-ring (bicyclic) bond motifs is 1. The van der Waals surface area contributed by atoms with Crippen LogP contribution in [0.3, 0.4) is 0 Å². The average molecular weight is 217 g/mol. The van der Waals surface area contributed by atoms with Crippen molar-refractivity contribution < 1.29 is 0 Å². The van der Waals surface area contributed by atoms with Crippen molar-refractivity contribution in [1.82, 2.24) is 5.32 Å². The van der Waals surface area contributed by atoms with E-state index in [0.717, 1.165) is 13.0 Å². The van der Waals surface area contributed by atoms with Gasteiger partial charge in [-0.05, 0) is 34.9 Å². The molecule has 1 N–H and O–H groups in total. The van der Waals surface area contributed by atoms with Crippen molar-refractivity contribution in [2.45, 2.75) is 46.1 Å². The normalized spacial score (nSPS) is 24.6. The van der Waals surface area contributed by atoms with E-state index >= 15 is 0 Å². The van der Waals surface area contributed by atoms with Crippen molar-refractivity contribution in [3.8, 4) is 0 Å². The lowest BCUT2D eigenvalue weighted by Gasteiger charge is -2.34. The first kappa shape index (κ1) is 11.7. The minimum atomic E-state index is 0.540. The molecule has 1 heteroatoms. The highest BCUT2D eigenvalue weighted by Gasteiger charge is 2.26. The van der Waals surface area contributed by atoms with Crippen LogP contribution in [0.5, 0.6) is 0 Å². The molecule has 0 spiro atoms. The molecule has 0 aliphatic carbocycles. The Bertz CT molecular complexity index is 368. The molecule has 88 valence electrons. The summed E-state index contributed by atoms with van der Waals surface area (Å²) in [4.78, 5) is 0. The molecule has 0 saturated heterocycles. The topological polar surface area (TPSA) is 12.0 Å². The Hall–Kier alpha value is -0.820. The Balaban J connectivity index is 2.45. The lowest BCUT2D eigenvalue weighted by molar-refractivity contribution is 0.376. The molecule has 0 saturated carbocycles. The third-order valence-electron chi connectivity index (χ3n) is 3.74. The molecule has 0 aromatic heterocycles. The van der Waals surface area contributed by atoms with Crippen LogP contribution < -0.4 is 5.32 Å². The third kappa shape index (κ3) is 2.01. The number of hydrogen-bond acceptors (Lipinski definition) is 1. The lowest BCUT2D eigenvalue weighted by Crippen LogP contribution is -2.35. The van der Waals surface area contributed by atoms with Gasteiger partial charge >= 0.3 is 0 Å². The van der Waals surface area contributed by atoms with Gasteiger partial charge in [0.15, 0.2) is 0 Å². The van der Waals surface area contributed by atoms with Crippen LogP contribution in [-0.2, 0) is 6.42 Å². The lowest BCUT2D eigenvalue weighted by atomic mass is 9.82. The summed E-state index contributed by atoms with van der Waals surface area (Å²) in [6, 6.07) is 7.58. The van der Waals surface area contributed by atoms with Gasteiger partial charge in [0, 0.05) is 12.6 Å². The Morgan fingerprint density at radius 2 is 2.06 bits per heavy atom. The van der Waals surface area contributed by atoms with Crippen LogP contribution in [0.25, 0.3) is 0 Å². The fourth-order valence-corrected chi connectivity index (χ4v) is 2.68. The first-order valence-corrected chi connectivity index (χ1v) is 6.49. The molecule has 0 amide bonds. The second kappa shape index (κ2) is 4.58. The molecule has 2 rings (SSSR count). The molecule has 1 aliphatic heterocycles. The highest BCUT2D eigenvalue weighted by Crippen LogP contribution is 2.34. The van der Waals surface area contributed by atoms with E-state index in [-0.39, 0.29) is 0 Å². The van der Waals surface area contributed by atoms with Crippen LogP contribution in [0.4, 0.5) is 0 Å². The number of benzene rings is 1. The van der Waals surface area contributed by atoms with Gasteiger partial charge < -0.3 is 5.32 Å². The zero-order valence-electron chi connectivity index (χ0n) is 10.9. The molecule has 1 aromatic carbocycles. The van der Waals surface area contributed by atoms with Gasteiger partial charge in [-0.3, -0.25) is 0 Å². The smallest absolute Gasteiger partial charge is 0.0346 e. The van der Waals surface area contributed by atoms with Crippen LogP contribution in [-0.4, -0.2) is 6.54 Å². The van der Waals surface area contributed by atoms with Crippen LogP contribution >= 0.6 is 0 Å².